The molecule has 3 nitrogen and oxygen atoms in total. The second-order valence-electron chi connectivity index (χ2n) is 6.45. The summed E-state index contributed by atoms with van der Waals surface area (Å²) in [5.41, 5.74) is 1.98. The van der Waals surface area contributed by atoms with Crippen LogP contribution in [0.4, 0.5) is 0 Å². The molecule has 0 radical (unpaired) electrons. The van der Waals surface area contributed by atoms with Crippen molar-refractivity contribution < 1.29 is 14.6 Å². The monoisotopic (exact) mass is 464 g/mol. The van der Waals surface area contributed by atoms with E-state index in [2.05, 4.69) is 0 Å². The normalized spacial score (nSPS) is 17.2. The van der Waals surface area contributed by atoms with Gasteiger partial charge in [-0.1, -0.05) is 58.5 Å². The van der Waals surface area contributed by atoms with Gasteiger partial charge in [0.1, 0.15) is 11.5 Å². The van der Waals surface area contributed by atoms with E-state index in [0.29, 0.717) is 42.5 Å². The first kappa shape index (κ1) is 20.1. The lowest BCUT2D eigenvalue weighted by molar-refractivity contribution is 0.0963. The number of rotatable bonds is 2. The van der Waals surface area contributed by atoms with Gasteiger partial charge in [-0.25, -0.2) is 0 Å². The fraction of sp³-hybridized carbons (Fsp3) is 0.0455. The molecule has 0 aliphatic carbocycles. The number of carbonyl (C=O) groups is 1. The highest BCUT2D eigenvalue weighted by Gasteiger charge is 2.33. The van der Waals surface area contributed by atoms with E-state index >= 15 is 0 Å². The van der Waals surface area contributed by atoms with Gasteiger partial charge in [-0.05, 0) is 59.7 Å². The number of Topliss-reactive ketones (excluding diaryl/α,β-unsaturated/α-hetero) is 1. The summed E-state index contributed by atoms with van der Waals surface area (Å²) in [6.45, 7) is 0. The fourth-order valence-corrected chi connectivity index (χ4v) is 3.72. The highest BCUT2D eigenvalue weighted by atomic mass is 35.5. The zero-order valence-electron chi connectivity index (χ0n) is 14.6. The quantitative estimate of drug-likeness (QED) is 0.401. The number of halogens is 4. The molecule has 4 rings (SSSR count). The van der Waals surface area contributed by atoms with Crippen LogP contribution in [0, 0.1) is 0 Å². The van der Waals surface area contributed by atoms with Crippen molar-refractivity contribution in [3.63, 3.8) is 0 Å². The number of phenols is 1. The van der Waals surface area contributed by atoms with Gasteiger partial charge in [0.25, 0.3) is 0 Å². The summed E-state index contributed by atoms with van der Waals surface area (Å²) in [5.74, 6) is 0.0713. The van der Waals surface area contributed by atoms with Crippen molar-refractivity contribution in [3.05, 3.63) is 97.0 Å². The fourth-order valence-electron chi connectivity index (χ4n) is 3.11. The Morgan fingerprint density at radius 1 is 0.828 bits per heavy atom. The van der Waals surface area contributed by atoms with Crippen molar-refractivity contribution in [2.24, 2.45) is 0 Å². The number of aromatic hydroxyl groups is 1. The van der Waals surface area contributed by atoms with Gasteiger partial charge in [-0.3, -0.25) is 4.79 Å². The van der Waals surface area contributed by atoms with Crippen molar-refractivity contribution in [2.75, 3.05) is 0 Å². The molecule has 1 atom stereocenters. The molecule has 1 heterocycles. The van der Waals surface area contributed by atoms with E-state index in [0.717, 1.165) is 0 Å². The largest absolute Gasteiger partial charge is 0.508 e. The average molecular weight is 466 g/mol. The molecule has 0 saturated heterocycles. The van der Waals surface area contributed by atoms with E-state index in [1.807, 2.05) is 0 Å². The molecular formula is C22H12Cl4O3. The molecule has 1 aliphatic rings. The number of ketones is 1. The maximum atomic E-state index is 13.3. The van der Waals surface area contributed by atoms with Crippen LogP contribution in [0.5, 0.6) is 11.5 Å². The molecular weight excluding hydrogens is 454 g/mol. The molecule has 0 aromatic heterocycles. The Bertz CT molecular complexity index is 1170. The van der Waals surface area contributed by atoms with E-state index in [9.17, 15) is 9.90 Å². The van der Waals surface area contributed by atoms with Crippen LogP contribution in [0.3, 0.4) is 0 Å². The number of hydrogen-bond donors (Lipinski definition) is 1. The van der Waals surface area contributed by atoms with Crippen LogP contribution in [-0.2, 0) is 0 Å². The lowest BCUT2D eigenvalue weighted by atomic mass is 9.89. The summed E-state index contributed by atoms with van der Waals surface area (Å²) >= 11 is 24.3. The second-order valence-corrected chi connectivity index (χ2v) is 8.08. The van der Waals surface area contributed by atoms with Gasteiger partial charge in [0.15, 0.2) is 11.9 Å². The number of carbonyl (C=O) groups excluding carboxylic acids is 1. The summed E-state index contributed by atoms with van der Waals surface area (Å²) in [6.07, 6.45) is 0.966. The summed E-state index contributed by atoms with van der Waals surface area (Å²) in [5, 5.41) is 11.3. The minimum atomic E-state index is -0.719. The Hall–Kier alpha value is -2.17. The average Bonchev–Trinajstić information content (AvgIpc) is 2.69. The molecule has 0 fully saturated rings. The molecule has 0 spiro atoms. The minimum absolute atomic E-state index is 0.0254. The predicted molar refractivity (Wildman–Crippen MR) is 117 cm³/mol. The van der Waals surface area contributed by atoms with Gasteiger partial charge in [-0.2, -0.15) is 0 Å². The zero-order valence-corrected chi connectivity index (χ0v) is 17.7. The van der Waals surface area contributed by atoms with Crippen LogP contribution >= 0.6 is 46.4 Å². The third-order valence-corrected chi connectivity index (χ3v) is 5.99. The lowest BCUT2D eigenvalue weighted by Crippen LogP contribution is -2.23. The van der Waals surface area contributed by atoms with Crippen LogP contribution in [0.1, 0.15) is 27.6 Å². The summed E-state index contributed by atoms with van der Waals surface area (Å²) < 4.78 is 6.12. The van der Waals surface area contributed by atoms with Crippen molar-refractivity contribution in [2.45, 2.75) is 6.10 Å². The Morgan fingerprint density at radius 3 is 2.21 bits per heavy atom. The molecule has 1 unspecified atom stereocenters. The lowest BCUT2D eigenvalue weighted by Gasteiger charge is -2.28. The van der Waals surface area contributed by atoms with Crippen molar-refractivity contribution >= 4 is 58.3 Å². The van der Waals surface area contributed by atoms with Crippen molar-refractivity contribution in [1.82, 2.24) is 0 Å². The standard InChI is InChI=1S/C22H12Cl4O3/c23-16-4-1-11(8-18(16)25)7-15-21(28)14-10-13(27)3-6-20(14)29-22(15)12-2-5-17(24)19(26)9-12/h1-10,22,27H/b15-7-. The van der Waals surface area contributed by atoms with Gasteiger partial charge in [0.05, 0.1) is 25.7 Å². The van der Waals surface area contributed by atoms with Crippen LogP contribution in [-0.4, -0.2) is 10.9 Å². The summed E-state index contributed by atoms with van der Waals surface area (Å²) in [7, 11) is 0. The maximum Gasteiger partial charge on any atom is 0.196 e. The predicted octanol–water partition coefficient (Wildman–Crippen LogP) is 7.41. The number of fused-ring (bicyclic) bond motifs is 1. The SMILES string of the molecule is O=C1/C(=C/c2ccc(Cl)c(Cl)c2)C(c2ccc(Cl)c(Cl)c2)Oc2ccc(O)cc21. The van der Waals surface area contributed by atoms with E-state index in [1.54, 1.807) is 48.5 Å². The van der Waals surface area contributed by atoms with Crippen LogP contribution in [0.25, 0.3) is 6.08 Å². The van der Waals surface area contributed by atoms with Crippen LogP contribution < -0.4 is 4.74 Å². The van der Waals surface area contributed by atoms with E-state index in [-0.39, 0.29) is 17.1 Å². The van der Waals surface area contributed by atoms with Gasteiger partial charge in [0, 0.05) is 5.57 Å². The summed E-state index contributed by atoms with van der Waals surface area (Å²) in [6, 6.07) is 14.5. The first-order valence-electron chi connectivity index (χ1n) is 8.49. The molecule has 7 heteroatoms. The Kier molecular flexibility index (Phi) is 5.50. The highest BCUT2D eigenvalue weighted by molar-refractivity contribution is 6.42. The topological polar surface area (TPSA) is 46.5 Å². The molecule has 29 heavy (non-hydrogen) atoms. The molecule has 1 aliphatic heterocycles. The third kappa shape index (κ3) is 3.96. The van der Waals surface area contributed by atoms with E-state index in [1.165, 1.54) is 12.1 Å². The highest BCUT2D eigenvalue weighted by Crippen LogP contribution is 2.41. The summed E-state index contributed by atoms with van der Waals surface area (Å²) in [4.78, 5) is 13.3. The first-order valence-corrected chi connectivity index (χ1v) is 10.0. The number of phenolic OH excluding ortho intramolecular Hbond substituents is 1. The van der Waals surface area contributed by atoms with E-state index < -0.39 is 6.10 Å². The second kappa shape index (κ2) is 7.92. The molecule has 0 amide bonds. The number of hydrogen-bond acceptors (Lipinski definition) is 3. The molecule has 3 aromatic rings. The van der Waals surface area contributed by atoms with Crippen LogP contribution in [0.2, 0.25) is 20.1 Å². The van der Waals surface area contributed by atoms with Crippen molar-refractivity contribution in [1.29, 1.82) is 0 Å². The minimum Gasteiger partial charge on any atom is -0.508 e. The zero-order chi connectivity index (χ0) is 20.7. The van der Waals surface area contributed by atoms with Gasteiger partial charge >= 0.3 is 0 Å². The Labute approximate surface area is 187 Å². The first-order chi connectivity index (χ1) is 13.8. The van der Waals surface area contributed by atoms with Crippen molar-refractivity contribution in [3.8, 4) is 11.5 Å². The molecule has 0 saturated carbocycles. The van der Waals surface area contributed by atoms with E-state index in [4.69, 9.17) is 51.1 Å². The maximum absolute atomic E-state index is 13.3. The number of ether oxygens (including phenoxy) is 1. The Morgan fingerprint density at radius 2 is 1.52 bits per heavy atom. The Balaban J connectivity index is 1.89. The third-order valence-electron chi connectivity index (χ3n) is 4.51. The molecule has 0 bridgehead atoms. The number of benzene rings is 3. The van der Waals surface area contributed by atoms with Gasteiger partial charge in [0.2, 0.25) is 0 Å². The smallest absolute Gasteiger partial charge is 0.196 e. The van der Waals surface area contributed by atoms with Gasteiger partial charge < -0.3 is 9.84 Å². The molecule has 1 N–H and O–H groups in total. The molecule has 146 valence electrons. The van der Waals surface area contributed by atoms with Crippen LogP contribution in [0.15, 0.2) is 60.2 Å². The van der Waals surface area contributed by atoms with Gasteiger partial charge in [-0.15, -0.1) is 0 Å². The molecule has 3 aromatic carbocycles.